The van der Waals surface area contributed by atoms with Crippen molar-refractivity contribution in [1.82, 2.24) is 4.90 Å². The number of carbonyl (C=O) groups excluding carboxylic acids is 1. The van der Waals surface area contributed by atoms with Gasteiger partial charge >= 0.3 is 0 Å². The molecule has 1 unspecified atom stereocenters. The van der Waals surface area contributed by atoms with Gasteiger partial charge in [0.2, 0.25) is 0 Å². The van der Waals surface area contributed by atoms with Crippen molar-refractivity contribution in [3.8, 4) is 0 Å². The van der Waals surface area contributed by atoms with Crippen molar-refractivity contribution in [2.24, 2.45) is 5.92 Å². The fraction of sp³-hybridized carbons (Fsp3) is 0.545. The van der Waals surface area contributed by atoms with E-state index in [1.807, 2.05) is 6.26 Å². The Bertz CT molecular complexity index is 377. The van der Waals surface area contributed by atoms with Crippen LogP contribution in [0.4, 0.5) is 0 Å². The van der Waals surface area contributed by atoms with Gasteiger partial charge < -0.3 is 14.4 Å². The molecule has 0 aliphatic carbocycles. The maximum Gasteiger partial charge on any atom is 0.289 e. The summed E-state index contributed by atoms with van der Waals surface area (Å²) in [6.07, 6.45) is 2.78. The van der Waals surface area contributed by atoms with E-state index in [0.29, 0.717) is 18.8 Å². The molecular weight excluding hydrogens is 226 g/mol. The summed E-state index contributed by atoms with van der Waals surface area (Å²) in [5.41, 5.74) is 0. The quantitative estimate of drug-likeness (QED) is 0.814. The molecule has 16 heavy (non-hydrogen) atoms. The fourth-order valence-corrected chi connectivity index (χ4v) is 2.24. The third-order valence-corrected chi connectivity index (χ3v) is 3.45. The van der Waals surface area contributed by atoms with Crippen molar-refractivity contribution in [2.45, 2.75) is 11.5 Å². The summed E-state index contributed by atoms with van der Waals surface area (Å²) in [6.45, 7) is 1.49. The van der Waals surface area contributed by atoms with E-state index in [0.717, 1.165) is 11.5 Å². The minimum Gasteiger partial charge on any atom is -0.445 e. The summed E-state index contributed by atoms with van der Waals surface area (Å²) in [5.74, 6) is 0.540. The number of amides is 1. The Kier molecular flexibility index (Phi) is 3.56. The minimum atomic E-state index is -0.0729. The van der Waals surface area contributed by atoms with Crippen LogP contribution in [0.3, 0.4) is 0 Å². The number of hydrogen-bond acceptors (Lipinski definition) is 4. The monoisotopic (exact) mass is 241 g/mol. The molecule has 2 heterocycles. The van der Waals surface area contributed by atoms with E-state index in [2.05, 4.69) is 0 Å². The van der Waals surface area contributed by atoms with Crippen molar-refractivity contribution in [1.29, 1.82) is 0 Å². The van der Waals surface area contributed by atoms with Gasteiger partial charge in [-0.1, -0.05) is 11.8 Å². The Hall–Kier alpha value is -0.940. The molecule has 1 aromatic rings. The normalized spacial score (nSPS) is 20.4. The molecule has 1 fully saturated rings. The third-order valence-electron chi connectivity index (χ3n) is 2.82. The standard InChI is InChI=1S/C11H15NO3S/c1-16-10-3-2-9(15-10)11(14)12-5-4-8(6-12)7-13/h2-3,8,13H,4-7H2,1H3. The van der Waals surface area contributed by atoms with E-state index in [4.69, 9.17) is 9.52 Å². The molecule has 1 N–H and O–H groups in total. The highest BCUT2D eigenvalue weighted by Crippen LogP contribution is 2.22. The summed E-state index contributed by atoms with van der Waals surface area (Å²) in [6, 6.07) is 3.51. The molecule has 1 saturated heterocycles. The number of aliphatic hydroxyl groups is 1. The third kappa shape index (κ3) is 2.25. The van der Waals surface area contributed by atoms with E-state index in [1.54, 1.807) is 17.0 Å². The Morgan fingerprint density at radius 2 is 2.50 bits per heavy atom. The van der Waals surface area contributed by atoms with Crippen LogP contribution in [0.2, 0.25) is 0 Å². The molecule has 1 aliphatic heterocycles. The Morgan fingerprint density at radius 3 is 3.06 bits per heavy atom. The first-order valence-electron chi connectivity index (χ1n) is 5.28. The van der Waals surface area contributed by atoms with Crippen LogP contribution in [0.1, 0.15) is 17.0 Å². The summed E-state index contributed by atoms with van der Waals surface area (Å²) in [4.78, 5) is 13.7. The molecule has 1 aliphatic rings. The molecule has 5 heteroatoms. The highest BCUT2D eigenvalue weighted by molar-refractivity contribution is 7.98. The molecule has 0 aromatic carbocycles. The number of likely N-dealkylation sites (tertiary alicyclic amines) is 1. The van der Waals surface area contributed by atoms with E-state index >= 15 is 0 Å². The van der Waals surface area contributed by atoms with Crippen LogP contribution in [-0.4, -0.2) is 41.9 Å². The van der Waals surface area contributed by atoms with Gasteiger partial charge in [0, 0.05) is 25.6 Å². The highest BCUT2D eigenvalue weighted by atomic mass is 32.2. The van der Waals surface area contributed by atoms with Crippen LogP contribution in [0, 0.1) is 5.92 Å². The van der Waals surface area contributed by atoms with Crippen LogP contribution in [-0.2, 0) is 0 Å². The molecule has 0 spiro atoms. The first-order valence-corrected chi connectivity index (χ1v) is 6.51. The van der Waals surface area contributed by atoms with Crippen LogP contribution in [0.15, 0.2) is 21.6 Å². The molecule has 1 atom stereocenters. The summed E-state index contributed by atoms with van der Waals surface area (Å²) >= 11 is 1.48. The zero-order valence-corrected chi connectivity index (χ0v) is 10.00. The van der Waals surface area contributed by atoms with Crippen LogP contribution >= 0.6 is 11.8 Å². The lowest BCUT2D eigenvalue weighted by molar-refractivity contribution is 0.0745. The molecular formula is C11H15NO3S. The average Bonchev–Trinajstić information content (AvgIpc) is 2.97. The number of carbonyl (C=O) groups is 1. The minimum absolute atomic E-state index is 0.0729. The largest absolute Gasteiger partial charge is 0.445 e. The van der Waals surface area contributed by atoms with Crippen LogP contribution in [0.25, 0.3) is 0 Å². The molecule has 2 rings (SSSR count). The first kappa shape index (κ1) is 11.5. The zero-order chi connectivity index (χ0) is 11.5. The molecule has 4 nitrogen and oxygen atoms in total. The second-order valence-corrected chi connectivity index (χ2v) is 4.72. The predicted molar refractivity (Wildman–Crippen MR) is 61.6 cm³/mol. The fourth-order valence-electron chi connectivity index (χ4n) is 1.87. The van der Waals surface area contributed by atoms with E-state index in [1.165, 1.54) is 11.8 Å². The predicted octanol–water partition coefficient (Wildman–Crippen LogP) is 1.46. The Balaban J connectivity index is 2.02. The lowest BCUT2D eigenvalue weighted by Crippen LogP contribution is -2.28. The number of rotatable bonds is 3. The molecule has 0 saturated carbocycles. The van der Waals surface area contributed by atoms with Crippen LogP contribution < -0.4 is 0 Å². The van der Waals surface area contributed by atoms with Gasteiger partial charge in [-0.25, -0.2) is 0 Å². The summed E-state index contributed by atoms with van der Waals surface area (Å²) < 4.78 is 5.39. The summed E-state index contributed by atoms with van der Waals surface area (Å²) in [7, 11) is 0. The van der Waals surface area contributed by atoms with Crippen molar-refractivity contribution in [3.63, 3.8) is 0 Å². The smallest absolute Gasteiger partial charge is 0.289 e. The van der Waals surface area contributed by atoms with Crippen LogP contribution in [0.5, 0.6) is 0 Å². The molecule has 0 radical (unpaired) electrons. The van der Waals surface area contributed by atoms with Gasteiger partial charge in [-0.3, -0.25) is 4.79 Å². The van der Waals surface area contributed by atoms with Crippen molar-refractivity contribution in [3.05, 3.63) is 17.9 Å². The van der Waals surface area contributed by atoms with Gasteiger partial charge in [-0.15, -0.1) is 0 Å². The Morgan fingerprint density at radius 1 is 1.69 bits per heavy atom. The van der Waals surface area contributed by atoms with Crippen molar-refractivity contribution >= 4 is 17.7 Å². The first-order chi connectivity index (χ1) is 7.74. The highest BCUT2D eigenvalue weighted by Gasteiger charge is 2.27. The topological polar surface area (TPSA) is 53.7 Å². The van der Waals surface area contributed by atoms with Gasteiger partial charge in [-0.05, 0) is 24.8 Å². The van der Waals surface area contributed by atoms with Gasteiger partial charge in [0.1, 0.15) is 0 Å². The van der Waals surface area contributed by atoms with Gasteiger partial charge in [0.15, 0.2) is 10.9 Å². The number of aliphatic hydroxyl groups excluding tert-OH is 1. The molecule has 88 valence electrons. The van der Waals surface area contributed by atoms with E-state index in [-0.39, 0.29) is 18.4 Å². The molecule has 1 amide bonds. The molecule has 0 bridgehead atoms. The number of thioether (sulfide) groups is 1. The Labute approximate surface area is 98.6 Å². The number of furan rings is 1. The maximum atomic E-state index is 12.0. The maximum absolute atomic E-state index is 12.0. The van der Waals surface area contributed by atoms with Crippen molar-refractivity contribution in [2.75, 3.05) is 26.0 Å². The molecule has 1 aromatic heterocycles. The van der Waals surface area contributed by atoms with Gasteiger partial charge in [0.05, 0.1) is 0 Å². The van der Waals surface area contributed by atoms with Crippen molar-refractivity contribution < 1.29 is 14.3 Å². The summed E-state index contributed by atoms with van der Waals surface area (Å²) in [5, 5.41) is 9.76. The van der Waals surface area contributed by atoms with Gasteiger partial charge in [0.25, 0.3) is 5.91 Å². The number of nitrogens with zero attached hydrogens (tertiary/aromatic N) is 1. The SMILES string of the molecule is CSc1ccc(C(=O)N2CCC(CO)C2)o1. The second-order valence-electron chi connectivity index (χ2n) is 3.91. The lowest BCUT2D eigenvalue weighted by atomic mass is 10.1. The average molecular weight is 241 g/mol. The van der Waals surface area contributed by atoms with Gasteiger partial charge in [-0.2, -0.15) is 0 Å². The lowest BCUT2D eigenvalue weighted by Gasteiger charge is -2.14. The number of hydrogen-bond donors (Lipinski definition) is 1. The van der Waals surface area contributed by atoms with E-state index in [9.17, 15) is 4.79 Å². The van der Waals surface area contributed by atoms with E-state index < -0.39 is 0 Å². The second kappa shape index (κ2) is 4.93. The zero-order valence-electron chi connectivity index (χ0n) is 9.18.